The Bertz CT molecular complexity index is 1690. The van der Waals surface area contributed by atoms with E-state index < -0.39 is 70.7 Å². The zero-order valence-corrected chi connectivity index (χ0v) is 27.3. The number of aromatic nitrogens is 1. The van der Waals surface area contributed by atoms with E-state index in [-0.39, 0.29) is 36.4 Å². The molecule has 0 aliphatic carbocycles. The lowest BCUT2D eigenvalue weighted by Gasteiger charge is -2.27. The lowest BCUT2D eigenvalue weighted by Crippen LogP contribution is -2.42. The van der Waals surface area contributed by atoms with Crippen LogP contribution in [-0.2, 0) is 22.2 Å². The van der Waals surface area contributed by atoms with Gasteiger partial charge in [-0.2, -0.15) is 13.2 Å². The molecule has 0 spiro atoms. The van der Waals surface area contributed by atoms with Crippen LogP contribution in [0.3, 0.4) is 0 Å². The van der Waals surface area contributed by atoms with Crippen molar-refractivity contribution in [3.8, 4) is 11.1 Å². The number of carboxylic acid groups (broad SMARTS) is 1. The summed E-state index contributed by atoms with van der Waals surface area (Å²) in [5.41, 5.74) is -1.95. The molecule has 1 unspecified atom stereocenters. The molecule has 0 bridgehead atoms. The summed E-state index contributed by atoms with van der Waals surface area (Å²) in [6.45, 7) is 8.18. The first-order valence-corrected chi connectivity index (χ1v) is 15.0. The summed E-state index contributed by atoms with van der Waals surface area (Å²) < 4.78 is 87.3. The number of alkyl halides is 3. The van der Waals surface area contributed by atoms with Gasteiger partial charge in [0.15, 0.2) is 0 Å². The Morgan fingerprint density at radius 3 is 2.06 bits per heavy atom. The van der Waals surface area contributed by atoms with Crippen molar-refractivity contribution >= 4 is 11.9 Å². The van der Waals surface area contributed by atoms with Crippen LogP contribution >= 0.6 is 0 Å². The summed E-state index contributed by atoms with van der Waals surface area (Å²) in [4.78, 5) is 40.5. The van der Waals surface area contributed by atoms with Crippen molar-refractivity contribution in [3.63, 3.8) is 0 Å². The van der Waals surface area contributed by atoms with Gasteiger partial charge in [0.2, 0.25) is 11.7 Å². The Labute approximate surface area is 269 Å². The van der Waals surface area contributed by atoms with Gasteiger partial charge in [0.05, 0.1) is 12.5 Å². The maximum absolute atomic E-state index is 15.7. The largest absolute Gasteiger partial charge is 0.481 e. The van der Waals surface area contributed by atoms with Gasteiger partial charge in [0.1, 0.15) is 23.2 Å². The highest BCUT2D eigenvalue weighted by Crippen LogP contribution is 2.36. The average Bonchev–Trinajstić information content (AvgIpc) is 2.92. The third-order valence-corrected chi connectivity index (χ3v) is 7.84. The second kappa shape index (κ2) is 14.7. The topological polar surface area (TPSA) is 91.6 Å². The Morgan fingerprint density at radius 1 is 0.957 bits per heavy atom. The molecule has 7 nitrogen and oxygen atoms in total. The SMILES string of the molecule is Cc1cc(-c2c(C)cc(F)cc2C)cc([C@H](CC(=O)O)NC(=O)C(CC(C)C)n2cc(CCN(C)C)c(C(F)(F)F)c(F)c2=O)c1F. The number of aliphatic carboxylic acids is 1. The van der Waals surface area contributed by atoms with Crippen molar-refractivity contribution in [3.05, 3.63) is 91.6 Å². The summed E-state index contributed by atoms with van der Waals surface area (Å²) in [6, 6.07) is 2.38. The van der Waals surface area contributed by atoms with Crippen LogP contribution < -0.4 is 10.9 Å². The van der Waals surface area contributed by atoms with Gasteiger partial charge in [0, 0.05) is 18.3 Å². The highest BCUT2D eigenvalue weighted by molar-refractivity contribution is 5.82. The predicted octanol–water partition coefficient (Wildman–Crippen LogP) is 6.90. The van der Waals surface area contributed by atoms with Crippen molar-refractivity contribution in [1.29, 1.82) is 0 Å². The first-order valence-electron chi connectivity index (χ1n) is 15.0. The Morgan fingerprint density at radius 2 is 1.55 bits per heavy atom. The van der Waals surface area contributed by atoms with E-state index >= 15 is 8.78 Å². The fraction of sp³-hybridized carbons (Fsp3) is 0.441. The van der Waals surface area contributed by atoms with Crippen LogP contribution in [0.25, 0.3) is 11.1 Å². The summed E-state index contributed by atoms with van der Waals surface area (Å²) >= 11 is 0. The van der Waals surface area contributed by atoms with Crippen LogP contribution in [0.15, 0.2) is 35.3 Å². The maximum atomic E-state index is 15.7. The lowest BCUT2D eigenvalue weighted by molar-refractivity contribution is -0.141. The van der Waals surface area contributed by atoms with Gasteiger partial charge in [-0.25, -0.2) is 13.2 Å². The number of nitrogens with one attached hydrogen (secondary N) is 1. The number of nitrogens with zero attached hydrogens (tertiary/aromatic N) is 2. The highest BCUT2D eigenvalue weighted by atomic mass is 19.4. The number of pyridine rings is 1. The van der Waals surface area contributed by atoms with Crippen LogP contribution in [0.5, 0.6) is 0 Å². The number of benzene rings is 2. The number of likely N-dealkylation sites (N-methyl/N-ethyl adjacent to an activating group) is 1. The molecule has 3 rings (SSSR count). The van der Waals surface area contributed by atoms with E-state index in [1.54, 1.807) is 46.7 Å². The molecule has 13 heteroatoms. The van der Waals surface area contributed by atoms with Gasteiger partial charge in [0.25, 0.3) is 5.56 Å². The first-order chi connectivity index (χ1) is 21.7. The van der Waals surface area contributed by atoms with E-state index in [0.29, 0.717) is 26.8 Å². The molecule has 0 fully saturated rings. The third kappa shape index (κ3) is 8.82. The van der Waals surface area contributed by atoms with Crippen molar-refractivity contribution in [2.24, 2.45) is 5.92 Å². The molecule has 0 saturated heterocycles. The minimum absolute atomic E-state index is 0.0738. The highest BCUT2D eigenvalue weighted by Gasteiger charge is 2.40. The molecule has 0 aliphatic rings. The number of hydrogen-bond acceptors (Lipinski definition) is 4. The van der Waals surface area contributed by atoms with Gasteiger partial charge in [-0.3, -0.25) is 14.4 Å². The standard InChI is InChI=1S/C34H39F6N3O4/c1-17(2)10-26(43-16-21(8-9-42(6)7)29(34(38,39)40)31(37)33(43)47)32(46)41-25(15-27(44)45)24-14-22(11-20(5)30(24)36)28-18(3)12-23(35)13-19(28)4/h11-14,16-17,25-26H,8-10,15H2,1-7H3,(H,41,46)(H,44,45)/t25-,26?/m0/s1. The molecule has 0 aliphatic heterocycles. The number of aryl methyl sites for hydroxylation is 3. The minimum atomic E-state index is -5.19. The molecule has 1 amide bonds. The molecule has 47 heavy (non-hydrogen) atoms. The molecule has 0 radical (unpaired) electrons. The second-order valence-electron chi connectivity index (χ2n) is 12.5. The Kier molecular flexibility index (Phi) is 11.7. The van der Waals surface area contributed by atoms with E-state index in [1.165, 1.54) is 31.2 Å². The fourth-order valence-corrected chi connectivity index (χ4v) is 5.76. The zero-order valence-electron chi connectivity index (χ0n) is 27.3. The van der Waals surface area contributed by atoms with Crippen LogP contribution in [0.1, 0.15) is 72.2 Å². The lowest BCUT2D eigenvalue weighted by atomic mass is 9.90. The molecule has 2 aromatic carbocycles. The normalized spacial score (nSPS) is 13.3. The van der Waals surface area contributed by atoms with Crippen molar-refractivity contribution in [1.82, 2.24) is 14.8 Å². The Balaban J connectivity index is 2.19. The van der Waals surface area contributed by atoms with Crippen LogP contribution in [0.2, 0.25) is 0 Å². The molecule has 0 saturated carbocycles. The summed E-state index contributed by atoms with van der Waals surface area (Å²) in [5, 5.41) is 12.2. The fourth-order valence-electron chi connectivity index (χ4n) is 5.76. The van der Waals surface area contributed by atoms with Crippen LogP contribution in [0.4, 0.5) is 26.3 Å². The maximum Gasteiger partial charge on any atom is 0.419 e. The quantitative estimate of drug-likeness (QED) is 0.205. The molecule has 2 N–H and O–H groups in total. The molecule has 1 heterocycles. The number of carbonyl (C=O) groups is 2. The molecule has 2 atom stereocenters. The van der Waals surface area contributed by atoms with E-state index in [1.807, 2.05) is 0 Å². The molecule has 1 aromatic heterocycles. The second-order valence-corrected chi connectivity index (χ2v) is 12.5. The van der Waals surface area contributed by atoms with E-state index in [9.17, 15) is 37.1 Å². The van der Waals surface area contributed by atoms with Crippen LogP contribution in [0, 0.1) is 44.1 Å². The van der Waals surface area contributed by atoms with Gasteiger partial charge in [-0.15, -0.1) is 0 Å². The van der Waals surface area contributed by atoms with Crippen molar-refractivity contribution in [2.45, 2.75) is 72.1 Å². The molecular weight excluding hydrogens is 628 g/mol. The van der Waals surface area contributed by atoms with E-state index in [2.05, 4.69) is 5.32 Å². The third-order valence-electron chi connectivity index (χ3n) is 7.84. The first kappa shape index (κ1) is 37.3. The Hall–Kier alpha value is -4.13. The van der Waals surface area contributed by atoms with E-state index in [0.717, 1.165) is 6.20 Å². The van der Waals surface area contributed by atoms with Crippen LogP contribution in [-0.4, -0.2) is 47.1 Å². The molecule has 3 aromatic rings. The number of rotatable bonds is 12. The number of amides is 1. The van der Waals surface area contributed by atoms with Gasteiger partial charge in [-0.1, -0.05) is 13.8 Å². The smallest absolute Gasteiger partial charge is 0.419 e. The van der Waals surface area contributed by atoms with Crippen molar-refractivity contribution < 1.29 is 41.0 Å². The van der Waals surface area contributed by atoms with Gasteiger partial charge in [-0.05, 0) is 111 Å². The summed E-state index contributed by atoms with van der Waals surface area (Å²) in [7, 11) is 3.21. The predicted molar refractivity (Wildman–Crippen MR) is 166 cm³/mol. The van der Waals surface area contributed by atoms with E-state index in [4.69, 9.17) is 0 Å². The number of hydrogen-bond donors (Lipinski definition) is 2. The summed E-state index contributed by atoms with van der Waals surface area (Å²) in [5.74, 6) is -6.11. The molecule has 256 valence electrons. The average molecular weight is 668 g/mol. The van der Waals surface area contributed by atoms with Gasteiger partial charge >= 0.3 is 12.1 Å². The number of carbonyl (C=O) groups excluding carboxylic acids is 1. The zero-order chi connectivity index (χ0) is 35.5. The van der Waals surface area contributed by atoms with Gasteiger partial charge < -0.3 is 19.9 Å². The summed E-state index contributed by atoms with van der Waals surface area (Å²) in [6.07, 6.45) is -5.60. The monoisotopic (exact) mass is 667 g/mol. The molecular formula is C34H39F6N3O4. The van der Waals surface area contributed by atoms with Crippen molar-refractivity contribution in [2.75, 3.05) is 20.6 Å². The minimum Gasteiger partial charge on any atom is -0.481 e. The number of halogens is 6. The number of carboxylic acids is 1.